The lowest BCUT2D eigenvalue weighted by Crippen LogP contribution is -2.47. The number of nitrogens with zero attached hydrogens (tertiary/aromatic N) is 16. The lowest BCUT2D eigenvalue weighted by molar-refractivity contribution is -0.259. The maximum atomic E-state index is 11.4. The van der Waals surface area contributed by atoms with Crippen LogP contribution in [0, 0.1) is 78.8 Å². The molecule has 6 N–H and O–H groups in total. The van der Waals surface area contributed by atoms with Crippen molar-refractivity contribution in [3.05, 3.63) is 96.6 Å². The molecule has 4 fully saturated rings. The van der Waals surface area contributed by atoms with Crippen LogP contribution in [-0.2, 0) is 56.3 Å². The molecular weight excluding hydrogens is 1310 g/mol. The number of aliphatic hydroxyl groups is 6. The predicted molar refractivity (Wildman–Crippen MR) is 345 cm³/mol. The molecule has 12 heterocycles. The number of nitriles is 4. The smallest absolute Gasteiger partial charge is 0.234 e. The van der Waals surface area contributed by atoms with Crippen LogP contribution >= 0.6 is 47.0 Å². The first kappa shape index (κ1) is 72.6. The molecule has 95 heavy (non-hydrogen) atoms. The minimum absolute atomic E-state index is 0.102. The highest BCUT2D eigenvalue weighted by Gasteiger charge is 2.69. The van der Waals surface area contributed by atoms with E-state index in [4.69, 9.17) is 33.2 Å². The summed E-state index contributed by atoms with van der Waals surface area (Å²) in [4.78, 5) is 16.9. The van der Waals surface area contributed by atoms with Crippen LogP contribution in [0.5, 0.6) is 0 Å². The molecule has 0 saturated carbocycles. The summed E-state index contributed by atoms with van der Waals surface area (Å²) in [6, 6.07) is 23.3. The molecular formula is C62H76N16O13S4. The molecule has 0 radical (unpaired) electrons. The number of methoxy groups -OCH3 is 3. The molecule has 29 nitrogen and oxygen atoms in total. The maximum absolute atomic E-state index is 11.4. The minimum atomic E-state index is -1.71. The highest BCUT2D eigenvalue weighted by molar-refractivity contribution is 7.99. The van der Waals surface area contributed by atoms with E-state index in [2.05, 4.69) is 64.6 Å². The van der Waals surface area contributed by atoms with Gasteiger partial charge in [0.2, 0.25) is 23.1 Å². The molecule has 12 rings (SSSR count). The second-order valence-corrected chi connectivity index (χ2v) is 26.7. The molecule has 0 spiro atoms. The highest BCUT2D eigenvalue weighted by atomic mass is 32.2. The summed E-state index contributed by atoms with van der Waals surface area (Å²) in [5.41, 5.74) is 0.155. The van der Waals surface area contributed by atoms with Gasteiger partial charge in [0, 0.05) is 33.2 Å². The molecule has 506 valence electrons. The van der Waals surface area contributed by atoms with Crippen LogP contribution in [0.15, 0.2) is 93.9 Å². The van der Waals surface area contributed by atoms with Crippen molar-refractivity contribution in [1.29, 1.82) is 21.0 Å². The summed E-state index contributed by atoms with van der Waals surface area (Å²) in [7, 11) is 4.31. The zero-order valence-electron chi connectivity index (χ0n) is 54.7. The number of aliphatic hydroxyl groups excluding tert-OH is 5. The molecule has 4 aliphatic heterocycles. The third kappa shape index (κ3) is 10.8. The molecule has 0 aromatic carbocycles. The molecule has 33 heteroatoms. The zero-order valence-corrected chi connectivity index (χ0v) is 58.0. The van der Waals surface area contributed by atoms with Crippen molar-refractivity contribution in [2.24, 2.45) is 33.5 Å². The molecule has 1 unspecified atom stereocenters. The quantitative estimate of drug-likeness (QED) is 0.0695. The van der Waals surface area contributed by atoms with Crippen molar-refractivity contribution in [3.63, 3.8) is 0 Å². The van der Waals surface area contributed by atoms with Gasteiger partial charge in [-0.25, -0.2) is 38.0 Å². The van der Waals surface area contributed by atoms with Crippen molar-refractivity contribution in [1.82, 2.24) is 58.4 Å². The van der Waals surface area contributed by atoms with Crippen molar-refractivity contribution >= 4 is 69.1 Å². The van der Waals surface area contributed by atoms with Crippen LogP contribution in [0.4, 0.5) is 0 Å². The molecule has 8 aromatic heterocycles. The Balaban J connectivity index is 0.000000149. The van der Waals surface area contributed by atoms with E-state index < -0.39 is 88.5 Å². The zero-order chi connectivity index (χ0) is 69.4. The van der Waals surface area contributed by atoms with Gasteiger partial charge < -0.3 is 63.8 Å². The van der Waals surface area contributed by atoms with E-state index in [1.807, 2.05) is 76.1 Å². The second kappa shape index (κ2) is 28.0. The van der Waals surface area contributed by atoms with Crippen LogP contribution in [0.25, 0.3) is 22.1 Å². The number of rotatable bonds is 15. The van der Waals surface area contributed by atoms with E-state index >= 15 is 0 Å². The average molecular weight is 1380 g/mol. The van der Waals surface area contributed by atoms with Crippen LogP contribution < -0.4 is 0 Å². The Morgan fingerprint density at radius 1 is 0.453 bits per heavy atom. The first-order chi connectivity index (χ1) is 45.4. The fourth-order valence-corrected chi connectivity index (χ4v) is 15.4. The fraction of sp³-hybridized carbons (Fsp3) is 0.548. The van der Waals surface area contributed by atoms with Crippen molar-refractivity contribution in [3.8, 4) is 24.3 Å². The van der Waals surface area contributed by atoms with Gasteiger partial charge >= 0.3 is 0 Å². The Morgan fingerprint density at radius 2 is 0.737 bits per heavy atom. The van der Waals surface area contributed by atoms with Crippen molar-refractivity contribution < 1.29 is 63.8 Å². The number of fused-ring (bicyclic) bond motifs is 4. The average Bonchev–Trinajstić information content (AvgIpc) is 1.59. The summed E-state index contributed by atoms with van der Waals surface area (Å²) in [6.45, 7) is 11.4. The summed E-state index contributed by atoms with van der Waals surface area (Å²) >= 11 is 5.95. The second-order valence-electron chi connectivity index (χ2n) is 23.6. The molecule has 0 aliphatic carbocycles. The van der Waals surface area contributed by atoms with Crippen LogP contribution in [0.3, 0.4) is 0 Å². The Kier molecular flexibility index (Phi) is 21.4. The fourth-order valence-electron chi connectivity index (χ4n) is 13.4. The van der Waals surface area contributed by atoms with E-state index in [0.717, 1.165) is 48.6 Å². The van der Waals surface area contributed by atoms with Gasteiger partial charge in [-0.15, -0.1) is 47.0 Å². The van der Waals surface area contributed by atoms with Crippen LogP contribution in [-0.4, -0.2) is 192 Å². The van der Waals surface area contributed by atoms with E-state index in [0.29, 0.717) is 22.8 Å². The maximum Gasteiger partial charge on any atom is 0.234 e. The normalized spacial score (nSPS) is 33.2. The summed E-state index contributed by atoms with van der Waals surface area (Å²) in [5.74, 6) is -6.52. The topological polar surface area (TPSA) is 402 Å². The monoisotopic (exact) mass is 1380 g/mol. The standard InChI is InChI=1S/C16H20N4O3S.C16H20N4O2S.2C15H18N4O4S/c1-10-12(7-21)23-16(22-3,15(10,2)8-17)13-6-5-11-14(24-4)18-9-19-20(11)13;1-5-12-10(2)15(3,8-17)16(21,22-12)13-7-6-11-14(23-4)18-9-19-20(11)13;2*1-14(7-16)12(21)10(6-20)23-15(14,22-2)11-5-4-9-13(24-3)17-8-18-19(9)11/h5-6,9-10,12,21H,7H2,1-4H3;6-7,9-10,12,21H,5H2,1-4H3;2*4-5,8,10,12,20-21H,6H2,1-3H3/t10-,12-,15-,16+;10-,12-,15-,16?;2*10-,12-,14-,15+/m1111/s1. The third-order valence-electron chi connectivity index (χ3n) is 19.4. The number of hydrogen-bond donors (Lipinski definition) is 6. The Bertz CT molecular complexity index is 3950. The molecule has 4 saturated heterocycles. The number of hydrogen-bond acceptors (Lipinski definition) is 29. The molecule has 4 aliphatic rings. The summed E-state index contributed by atoms with van der Waals surface area (Å²) in [5, 5.41) is 120. The third-order valence-corrected chi connectivity index (χ3v) is 22.2. The van der Waals surface area contributed by atoms with Gasteiger partial charge in [-0.2, -0.15) is 41.4 Å². The Labute approximate surface area is 564 Å². The van der Waals surface area contributed by atoms with Gasteiger partial charge in [0.15, 0.2) is 0 Å². The summed E-state index contributed by atoms with van der Waals surface area (Å²) in [6.07, 6.45) is 9.13. The van der Waals surface area contributed by atoms with E-state index in [1.54, 1.807) is 64.0 Å². The Morgan fingerprint density at radius 3 is 1.02 bits per heavy atom. The van der Waals surface area contributed by atoms with Gasteiger partial charge in [-0.3, -0.25) is 0 Å². The summed E-state index contributed by atoms with van der Waals surface area (Å²) < 4.78 is 47.4. The first-order valence-corrected chi connectivity index (χ1v) is 34.7. The highest BCUT2D eigenvalue weighted by Crippen LogP contribution is 2.59. The Hall–Kier alpha value is -6.68. The van der Waals surface area contributed by atoms with Crippen molar-refractivity contribution in [2.75, 3.05) is 66.2 Å². The van der Waals surface area contributed by atoms with E-state index in [1.165, 1.54) is 93.7 Å². The van der Waals surface area contributed by atoms with Crippen LogP contribution in [0.2, 0.25) is 0 Å². The molecule has 16 atom stereocenters. The lowest BCUT2D eigenvalue weighted by atomic mass is 9.71. The SMILES string of the molecule is CC[C@H]1OC(O)(c2ccc3c(SC)ncnn23)[C@](C)(C#N)[C@@H]1C.CO[C@@]1(c2ccc3c(SC)ncnn23)O[C@H](CO)[C@@H](C)[C@@]1(C)C#N.CO[C@@]1(c2ccc3c(SC)ncnn23)O[C@H](CO)[C@@H](O)[C@@]1(C)C#N.CO[C@@]1(c2ccc3c(SC)ncnn23)O[C@H](CO)[C@@H](O)[C@@]1(C)C#N. The van der Waals surface area contributed by atoms with Crippen molar-refractivity contribution in [2.45, 2.75) is 135 Å². The molecule has 0 bridgehead atoms. The van der Waals surface area contributed by atoms with E-state index in [-0.39, 0.29) is 24.5 Å². The number of ether oxygens (including phenoxy) is 7. The molecule has 0 amide bonds. The molecule has 8 aromatic rings. The van der Waals surface area contributed by atoms with Gasteiger partial charge in [0.25, 0.3) is 0 Å². The predicted octanol–water partition coefficient (Wildman–Crippen LogP) is 5.44. The van der Waals surface area contributed by atoms with Gasteiger partial charge in [0.05, 0.1) is 78.4 Å². The van der Waals surface area contributed by atoms with Gasteiger partial charge in [-0.05, 0) is 108 Å². The van der Waals surface area contributed by atoms with Crippen LogP contribution in [0.1, 0.15) is 77.7 Å². The number of aromatic nitrogens is 12. The lowest BCUT2D eigenvalue weighted by Gasteiger charge is -2.37. The van der Waals surface area contributed by atoms with Gasteiger partial charge in [0.1, 0.15) is 114 Å². The minimum Gasteiger partial charge on any atom is -0.394 e. The largest absolute Gasteiger partial charge is 0.394 e. The van der Waals surface area contributed by atoms with Gasteiger partial charge in [-0.1, -0.05) is 20.8 Å². The first-order valence-electron chi connectivity index (χ1n) is 29.8. The number of thioether (sulfide) groups is 4. The van der Waals surface area contributed by atoms with E-state index in [9.17, 15) is 51.7 Å².